The highest BCUT2D eigenvalue weighted by atomic mass is 16.3. The monoisotopic (exact) mass is 297 g/mol. The van der Waals surface area contributed by atoms with Crippen LogP contribution in [0.4, 0.5) is 0 Å². The van der Waals surface area contributed by atoms with Gasteiger partial charge in [-0.1, -0.05) is 60.2 Å². The maximum absolute atomic E-state index is 12.4. The van der Waals surface area contributed by atoms with E-state index >= 15 is 0 Å². The first kappa shape index (κ1) is 16.2. The Morgan fingerprint density at radius 3 is 2.41 bits per heavy atom. The molecule has 1 amide bonds. The third-order valence-corrected chi connectivity index (χ3v) is 3.67. The quantitative estimate of drug-likeness (QED) is 0.853. The van der Waals surface area contributed by atoms with Gasteiger partial charge in [0, 0.05) is 13.1 Å². The molecule has 0 aromatic heterocycles. The molecule has 0 saturated heterocycles. The Morgan fingerprint density at radius 2 is 1.73 bits per heavy atom. The lowest BCUT2D eigenvalue weighted by molar-refractivity contribution is -0.131. The maximum atomic E-state index is 12.4. The van der Waals surface area contributed by atoms with Crippen LogP contribution in [0.1, 0.15) is 16.7 Å². The number of aliphatic hydroxyl groups is 1. The number of nitrogens with zero attached hydrogens (tertiary/aromatic N) is 1. The molecule has 0 radical (unpaired) electrons. The minimum Gasteiger partial charge on any atom is -0.395 e. The van der Waals surface area contributed by atoms with Gasteiger partial charge in [0.15, 0.2) is 0 Å². The average Bonchev–Trinajstić information content (AvgIpc) is 2.52. The van der Waals surface area contributed by atoms with Crippen LogP contribution in [-0.4, -0.2) is 35.6 Å². The molecule has 3 nitrogen and oxygen atoms in total. The second-order valence-corrected chi connectivity index (χ2v) is 5.51. The molecular weight excluding hydrogens is 274 g/mol. The lowest BCUT2D eigenvalue weighted by Crippen LogP contribution is -2.36. The van der Waals surface area contributed by atoms with E-state index in [-0.39, 0.29) is 12.5 Å². The molecule has 0 saturated carbocycles. The van der Waals surface area contributed by atoms with Crippen LogP contribution < -0.4 is 0 Å². The Hall–Kier alpha value is -2.13. The summed E-state index contributed by atoms with van der Waals surface area (Å²) < 4.78 is 0. The molecule has 0 aliphatic heterocycles. The van der Waals surface area contributed by atoms with Gasteiger partial charge in [0.25, 0.3) is 0 Å². The smallest absolute Gasteiger partial charge is 0.227 e. The van der Waals surface area contributed by atoms with E-state index in [4.69, 9.17) is 0 Å². The van der Waals surface area contributed by atoms with E-state index in [9.17, 15) is 9.90 Å². The van der Waals surface area contributed by atoms with Crippen LogP contribution in [0, 0.1) is 6.92 Å². The molecule has 3 heteroatoms. The van der Waals surface area contributed by atoms with Gasteiger partial charge >= 0.3 is 0 Å². The van der Waals surface area contributed by atoms with E-state index < -0.39 is 0 Å². The van der Waals surface area contributed by atoms with Gasteiger partial charge in [-0.2, -0.15) is 0 Å². The SMILES string of the molecule is Cc1cccc(CC(=O)N(CCO)CCc2ccccc2)c1. The normalized spacial score (nSPS) is 10.5. The van der Waals surface area contributed by atoms with E-state index in [1.165, 1.54) is 5.56 Å². The number of carbonyl (C=O) groups is 1. The van der Waals surface area contributed by atoms with Crippen molar-refractivity contribution in [3.63, 3.8) is 0 Å². The third-order valence-electron chi connectivity index (χ3n) is 3.67. The van der Waals surface area contributed by atoms with Crippen molar-refractivity contribution in [2.45, 2.75) is 19.8 Å². The number of carbonyl (C=O) groups excluding carboxylic acids is 1. The Labute approximate surface area is 132 Å². The second-order valence-electron chi connectivity index (χ2n) is 5.51. The van der Waals surface area contributed by atoms with E-state index in [1.807, 2.05) is 49.4 Å². The average molecular weight is 297 g/mol. The van der Waals surface area contributed by atoms with Crippen molar-refractivity contribution >= 4 is 5.91 Å². The van der Waals surface area contributed by atoms with Crippen LogP contribution in [0.25, 0.3) is 0 Å². The zero-order valence-electron chi connectivity index (χ0n) is 13.0. The van der Waals surface area contributed by atoms with Crippen molar-refractivity contribution in [2.24, 2.45) is 0 Å². The fourth-order valence-electron chi connectivity index (χ4n) is 2.50. The first-order chi connectivity index (χ1) is 10.7. The van der Waals surface area contributed by atoms with Gasteiger partial charge in [-0.3, -0.25) is 4.79 Å². The lowest BCUT2D eigenvalue weighted by Gasteiger charge is -2.22. The van der Waals surface area contributed by atoms with Gasteiger partial charge in [0.05, 0.1) is 13.0 Å². The van der Waals surface area contributed by atoms with Crippen molar-refractivity contribution < 1.29 is 9.90 Å². The summed E-state index contributed by atoms with van der Waals surface area (Å²) in [6.45, 7) is 3.04. The van der Waals surface area contributed by atoms with E-state index in [0.29, 0.717) is 19.5 Å². The minimum atomic E-state index is -0.00561. The molecule has 2 aromatic carbocycles. The molecule has 0 spiro atoms. The number of rotatable bonds is 7. The van der Waals surface area contributed by atoms with Crippen molar-refractivity contribution in [3.8, 4) is 0 Å². The van der Waals surface area contributed by atoms with Crippen LogP contribution in [0.3, 0.4) is 0 Å². The minimum absolute atomic E-state index is 0.00561. The maximum Gasteiger partial charge on any atom is 0.227 e. The highest BCUT2D eigenvalue weighted by Crippen LogP contribution is 2.08. The molecular formula is C19H23NO2. The molecule has 1 N–H and O–H groups in total. The van der Waals surface area contributed by atoms with Gasteiger partial charge < -0.3 is 10.0 Å². The number of hydrogen-bond donors (Lipinski definition) is 1. The van der Waals surface area contributed by atoms with Gasteiger partial charge in [-0.15, -0.1) is 0 Å². The van der Waals surface area contributed by atoms with Gasteiger partial charge in [0.1, 0.15) is 0 Å². The predicted molar refractivity (Wildman–Crippen MR) is 88.7 cm³/mol. The van der Waals surface area contributed by atoms with Crippen LogP contribution in [0.5, 0.6) is 0 Å². The summed E-state index contributed by atoms with van der Waals surface area (Å²) >= 11 is 0. The third kappa shape index (κ3) is 5.01. The largest absolute Gasteiger partial charge is 0.395 e. The van der Waals surface area contributed by atoms with Crippen LogP contribution in [0.2, 0.25) is 0 Å². The molecule has 0 atom stereocenters. The number of hydrogen-bond acceptors (Lipinski definition) is 2. The zero-order chi connectivity index (χ0) is 15.8. The highest BCUT2D eigenvalue weighted by molar-refractivity contribution is 5.78. The van der Waals surface area contributed by atoms with E-state index in [1.54, 1.807) is 4.90 Å². The Morgan fingerprint density at radius 1 is 1.00 bits per heavy atom. The first-order valence-corrected chi connectivity index (χ1v) is 7.67. The summed E-state index contributed by atoms with van der Waals surface area (Å²) in [4.78, 5) is 14.2. The van der Waals surface area contributed by atoms with Crippen molar-refractivity contribution in [2.75, 3.05) is 19.7 Å². The van der Waals surface area contributed by atoms with Crippen molar-refractivity contribution in [1.82, 2.24) is 4.90 Å². The zero-order valence-corrected chi connectivity index (χ0v) is 13.0. The van der Waals surface area contributed by atoms with Crippen LogP contribution in [0.15, 0.2) is 54.6 Å². The first-order valence-electron chi connectivity index (χ1n) is 7.67. The number of amides is 1. The van der Waals surface area contributed by atoms with Gasteiger partial charge in [0.2, 0.25) is 5.91 Å². The molecule has 2 rings (SSSR count). The molecule has 0 bridgehead atoms. The molecule has 0 aliphatic rings. The topological polar surface area (TPSA) is 40.5 Å². The summed E-state index contributed by atoms with van der Waals surface area (Å²) in [6.07, 6.45) is 1.19. The van der Waals surface area contributed by atoms with Crippen LogP contribution >= 0.6 is 0 Å². The van der Waals surface area contributed by atoms with Crippen molar-refractivity contribution in [3.05, 3.63) is 71.3 Å². The summed E-state index contributed by atoms with van der Waals surface area (Å²) in [5, 5.41) is 9.20. The molecule has 0 fully saturated rings. The van der Waals surface area contributed by atoms with Gasteiger partial charge in [-0.05, 0) is 24.5 Å². The van der Waals surface area contributed by atoms with E-state index in [2.05, 4.69) is 12.1 Å². The Balaban J connectivity index is 1.96. The lowest BCUT2D eigenvalue weighted by atomic mass is 10.1. The summed E-state index contributed by atoms with van der Waals surface area (Å²) in [5.41, 5.74) is 3.38. The van der Waals surface area contributed by atoms with Crippen molar-refractivity contribution in [1.29, 1.82) is 0 Å². The summed E-state index contributed by atoms with van der Waals surface area (Å²) in [6, 6.07) is 18.1. The Bertz CT molecular complexity index is 595. The molecule has 0 aliphatic carbocycles. The van der Waals surface area contributed by atoms with E-state index in [0.717, 1.165) is 17.5 Å². The summed E-state index contributed by atoms with van der Waals surface area (Å²) in [5.74, 6) is 0.0654. The highest BCUT2D eigenvalue weighted by Gasteiger charge is 2.13. The predicted octanol–water partition coefficient (Wildman–Crippen LogP) is 2.60. The fourth-order valence-corrected chi connectivity index (χ4v) is 2.50. The standard InChI is InChI=1S/C19H23NO2/c1-16-6-5-9-18(14-16)15-19(22)20(12-13-21)11-10-17-7-3-2-4-8-17/h2-9,14,21H,10-13,15H2,1H3. The molecule has 116 valence electrons. The fraction of sp³-hybridized carbons (Fsp3) is 0.316. The van der Waals surface area contributed by atoms with Gasteiger partial charge in [-0.25, -0.2) is 0 Å². The molecule has 2 aromatic rings. The summed E-state index contributed by atoms with van der Waals surface area (Å²) in [7, 11) is 0. The Kier molecular flexibility index (Phi) is 6.16. The molecule has 0 unspecified atom stereocenters. The molecule has 22 heavy (non-hydrogen) atoms. The number of aryl methyl sites for hydroxylation is 1. The molecule has 0 heterocycles. The number of aliphatic hydroxyl groups excluding tert-OH is 1. The number of benzene rings is 2. The second kappa shape index (κ2) is 8.35. The van der Waals surface area contributed by atoms with Crippen LogP contribution in [-0.2, 0) is 17.6 Å².